The number of aromatic nitrogens is 1. The Hall–Kier alpha value is -1.62. The molecule has 2 amide bonds. The first kappa shape index (κ1) is 10.9. The summed E-state index contributed by atoms with van der Waals surface area (Å²) in [6.07, 6.45) is 3.89. The normalized spacial score (nSPS) is 20.4. The quantitative estimate of drug-likeness (QED) is 0.754. The van der Waals surface area contributed by atoms with Crippen LogP contribution in [0.25, 0.3) is 0 Å². The number of hydrogen-bond acceptors (Lipinski definition) is 4. The number of imide groups is 1. The zero-order chi connectivity index (χ0) is 11.5. The van der Waals surface area contributed by atoms with Crippen LogP contribution in [0.4, 0.5) is 5.69 Å². The summed E-state index contributed by atoms with van der Waals surface area (Å²) in [7, 11) is 0. The summed E-state index contributed by atoms with van der Waals surface area (Å²) >= 11 is 5.90. The van der Waals surface area contributed by atoms with Gasteiger partial charge in [0.15, 0.2) is 0 Å². The molecule has 2 rings (SSSR count). The highest BCUT2D eigenvalue weighted by Gasteiger charge is 2.26. The molecule has 84 valence electrons. The molecule has 0 bridgehead atoms. The van der Waals surface area contributed by atoms with E-state index in [2.05, 4.69) is 15.6 Å². The van der Waals surface area contributed by atoms with E-state index in [4.69, 9.17) is 11.6 Å². The maximum absolute atomic E-state index is 11.5. The predicted octanol–water partition coefficient (Wildman–Crippen LogP) is 0.952. The van der Waals surface area contributed by atoms with Crippen LogP contribution in [0.15, 0.2) is 18.5 Å². The smallest absolute Gasteiger partial charge is 0.249 e. The molecule has 1 aliphatic rings. The van der Waals surface area contributed by atoms with Crippen molar-refractivity contribution in [3.63, 3.8) is 0 Å². The molecular weight excluding hydrogens is 230 g/mol. The van der Waals surface area contributed by atoms with Gasteiger partial charge in [-0.05, 0) is 12.5 Å². The fraction of sp³-hybridized carbons (Fsp3) is 0.300. The number of nitrogens with one attached hydrogen (secondary N) is 2. The maximum atomic E-state index is 11.5. The molecule has 1 unspecified atom stereocenters. The number of anilines is 1. The van der Waals surface area contributed by atoms with Gasteiger partial charge in [-0.25, -0.2) is 0 Å². The van der Waals surface area contributed by atoms with Gasteiger partial charge in [0.1, 0.15) is 6.04 Å². The predicted molar refractivity (Wildman–Crippen MR) is 59.0 cm³/mol. The second-order valence-corrected chi connectivity index (χ2v) is 3.91. The summed E-state index contributed by atoms with van der Waals surface area (Å²) in [5.41, 5.74) is 0.645. The highest BCUT2D eigenvalue weighted by Crippen LogP contribution is 2.21. The lowest BCUT2D eigenvalue weighted by atomic mass is 10.1. The third-order valence-corrected chi connectivity index (χ3v) is 2.64. The van der Waals surface area contributed by atoms with Crippen LogP contribution < -0.4 is 10.6 Å². The minimum absolute atomic E-state index is 0.233. The molecule has 0 aliphatic carbocycles. The lowest BCUT2D eigenvalue weighted by molar-refractivity contribution is -0.133. The second kappa shape index (κ2) is 4.49. The second-order valence-electron chi connectivity index (χ2n) is 3.50. The monoisotopic (exact) mass is 239 g/mol. The Morgan fingerprint density at radius 1 is 1.50 bits per heavy atom. The third kappa shape index (κ3) is 2.30. The molecule has 2 N–H and O–H groups in total. The summed E-state index contributed by atoms with van der Waals surface area (Å²) in [5, 5.41) is 5.70. The van der Waals surface area contributed by atoms with Crippen LogP contribution in [-0.4, -0.2) is 22.8 Å². The van der Waals surface area contributed by atoms with Crippen molar-refractivity contribution in [1.29, 1.82) is 0 Å². The molecule has 1 saturated heterocycles. The largest absolute Gasteiger partial charge is 0.372 e. The van der Waals surface area contributed by atoms with Crippen molar-refractivity contribution in [2.45, 2.75) is 18.9 Å². The number of rotatable bonds is 2. The summed E-state index contributed by atoms with van der Waals surface area (Å²) in [4.78, 5) is 26.3. The van der Waals surface area contributed by atoms with E-state index < -0.39 is 6.04 Å². The van der Waals surface area contributed by atoms with Crippen molar-refractivity contribution in [2.75, 3.05) is 5.32 Å². The molecule has 1 aromatic heterocycles. The van der Waals surface area contributed by atoms with Gasteiger partial charge in [0, 0.05) is 18.8 Å². The Labute approximate surface area is 97.2 Å². The Balaban J connectivity index is 2.08. The van der Waals surface area contributed by atoms with E-state index in [9.17, 15) is 9.59 Å². The van der Waals surface area contributed by atoms with Crippen molar-refractivity contribution < 1.29 is 9.59 Å². The minimum atomic E-state index is -0.419. The highest BCUT2D eigenvalue weighted by atomic mass is 35.5. The number of carbonyl (C=O) groups excluding carboxylic acids is 2. The number of piperidine rings is 1. The van der Waals surface area contributed by atoms with Gasteiger partial charge in [-0.2, -0.15) is 0 Å². The van der Waals surface area contributed by atoms with E-state index >= 15 is 0 Å². The van der Waals surface area contributed by atoms with E-state index in [0.717, 1.165) is 0 Å². The van der Waals surface area contributed by atoms with Crippen LogP contribution in [0.1, 0.15) is 12.8 Å². The van der Waals surface area contributed by atoms with Gasteiger partial charge in [-0.15, -0.1) is 0 Å². The summed E-state index contributed by atoms with van der Waals surface area (Å²) in [6.45, 7) is 0. The first-order valence-corrected chi connectivity index (χ1v) is 5.24. The van der Waals surface area contributed by atoms with E-state index in [-0.39, 0.29) is 11.8 Å². The maximum Gasteiger partial charge on any atom is 0.249 e. The molecule has 6 heteroatoms. The number of nitrogens with zero attached hydrogens (tertiary/aromatic N) is 1. The van der Waals surface area contributed by atoms with Crippen molar-refractivity contribution in [2.24, 2.45) is 0 Å². The van der Waals surface area contributed by atoms with E-state index in [1.165, 1.54) is 6.20 Å². The summed E-state index contributed by atoms with van der Waals surface area (Å²) < 4.78 is 0. The third-order valence-electron chi connectivity index (χ3n) is 2.34. The first-order valence-electron chi connectivity index (χ1n) is 4.86. The van der Waals surface area contributed by atoms with E-state index in [1.54, 1.807) is 12.3 Å². The number of hydrogen-bond donors (Lipinski definition) is 2. The average molecular weight is 240 g/mol. The van der Waals surface area contributed by atoms with Crippen LogP contribution in [0, 0.1) is 0 Å². The Kier molecular flexibility index (Phi) is 3.05. The molecule has 1 aliphatic heterocycles. The fourth-order valence-corrected chi connectivity index (χ4v) is 1.69. The van der Waals surface area contributed by atoms with Gasteiger partial charge in [-0.3, -0.25) is 19.9 Å². The lowest BCUT2D eigenvalue weighted by Crippen LogP contribution is -2.47. The Bertz CT molecular complexity index is 436. The van der Waals surface area contributed by atoms with Gasteiger partial charge in [0.05, 0.1) is 10.7 Å². The van der Waals surface area contributed by atoms with Gasteiger partial charge in [0.25, 0.3) is 0 Å². The van der Waals surface area contributed by atoms with Gasteiger partial charge in [0.2, 0.25) is 11.8 Å². The number of pyridine rings is 1. The van der Waals surface area contributed by atoms with Crippen LogP contribution >= 0.6 is 11.6 Å². The SMILES string of the molecule is O=C1CCC(Nc2ccncc2Cl)C(=O)N1. The number of halogens is 1. The van der Waals surface area contributed by atoms with Gasteiger partial charge in [-0.1, -0.05) is 11.6 Å². The van der Waals surface area contributed by atoms with Crippen molar-refractivity contribution >= 4 is 29.1 Å². The standard InChI is InChI=1S/C10H10ClN3O2/c11-6-5-12-4-3-7(6)13-8-1-2-9(15)14-10(8)16/h3-5,8H,1-2H2,(H,12,13)(H,14,15,16). The molecule has 16 heavy (non-hydrogen) atoms. The lowest BCUT2D eigenvalue weighted by Gasteiger charge is -2.23. The van der Waals surface area contributed by atoms with Crippen LogP contribution in [-0.2, 0) is 9.59 Å². The molecule has 1 fully saturated rings. The van der Waals surface area contributed by atoms with Crippen LogP contribution in [0.2, 0.25) is 5.02 Å². The van der Waals surface area contributed by atoms with Crippen LogP contribution in [0.5, 0.6) is 0 Å². The van der Waals surface area contributed by atoms with Crippen molar-refractivity contribution in [1.82, 2.24) is 10.3 Å². The van der Waals surface area contributed by atoms with Crippen molar-refractivity contribution in [3.8, 4) is 0 Å². The number of carbonyl (C=O) groups is 2. The topological polar surface area (TPSA) is 71.1 Å². The summed E-state index contributed by atoms with van der Waals surface area (Å²) in [6, 6.07) is 1.27. The molecule has 1 aromatic rings. The summed E-state index contributed by atoms with van der Waals surface area (Å²) in [5.74, 6) is -0.548. The zero-order valence-corrected chi connectivity index (χ0v) is 9.12. The van der Waals surface area contributed by atoms with Crippen LogP contribution in [0.3, 0.4) is 0 Å². The van der Waals surface area contributed by atoms with E-state index in [1.807, 2.05) is 0 Å². The Morgan fingerprint density at radius 2 is 2.31 bits per heavy atom. The number of amides is 2. The average Bonchev–Trinajstić information content (AvgIpc) is 2.25. The molecule has 2 heterocycles. The van der Waals surface area contributed by atoms with Gasteiger partial charge >= 0.3 is 0 Å². The molecule has 5 nitrogen and oxygen atoms in total. The van der Waals surface area contributed by atoms with Crippen molar-refractivity contribution in [3.05, 3.63) is 23.5 Å². The van der Waals surface area contributed by atoms with E-state index in [0.29, 0.717) is 23.6 Å². The molecule has 0 spiro atoms. The Morgan fingerprint density at radius 3 is 3.00 bits per heavy atom. The fourth-order valence-electron chi connectivity index (χ4n) is 1.51. The first-order chi connectivity index (χ1) is 7.66. The van der Waals surface area contributed by atoms with Gasteiger partial charge < -0.3 is 5.32 Å². The molecule has 0 radical (unpaired) electrons. The zero-order valence-electron chi connectivity index (χ0n) is 8.37. The molecule has 0 aromatic carbocycles. The molecule has 0 saturated carbocycles. The molecular formula is C10H10ClN3O2. The highest BCUT2D eigenvalue weighted by molar-refractivity contribution is 6.33. The molecule has 1 atom stereocenters. The minimum Gasteiger partial charge on any atom is -0.372 e.